The highest BCUT2D eigenvalue weighted by molar-refractivity contribution is 5.33. The Hall–Kier alpha value is -1.20. The van der Waals surface area contributed by atoms with Gasteiger partial charge in [-0.3, -0.25) is 0 Å². The van der Waals surface area contributed by atoms with Gasteiger partial charge in [0, 0.05) is 18.8 Å². The molecule has 2 rings (SSSR count). The van der Waals surface area contributed by atoms with Gasteiger partial charge in [-0.05, 0) is 12.5 Å². The van der Waals surface area contributed by atoms with Gasteiger partial charge in [0.1, 0.15) is 12.1 Å². The average Bonchev–Trinajstić information content (AvgIpc) is 2.23. The van der Waals surface area contributed by atoms with E-state index in [0.717, 1.165) is 18.8 Å². The van der Waals surface area contributed by atoms with Crippen LogP contribution in [0.1, 0.15) is 6.42 Å². The van der Waals surface area contributed by atoms with Gasteiger partial charge in [-0.2, -0.15) is 0 Å². The highest BCUT2D eigenvalue weighted by atomic mass is 16.5. The second-order valence-electron chi connectivity index (χ2n) is 3.37. The van der Waals surface area contributed by atoms with Crippen molar-refractivity contribution in [1.29, 1.82) is 0 Å². The molecule has 1 aliphatic heterocycles. The molecule has 1 aliphatic rings. The Balaban J connectivity index is 1.96. The van der Waals surface area contributed by atoms with Crippen molar-refractivity contribution in [3.05, 3.63) is 18.6 Å². The highest BCUT2D eigenvalue weighted by Crippen LogP contribution is 2.10. The molecular formula is C9H14N4O. The molecule has 0 saturated carbocycles. The quantitative estimate of drug-likeness (QED) is 0.693. The van der Waals surface area contributed by atoms with Crippen molar-refractivity contribution in [1.82, 2.24) is 9.97 Å². The maximum absolute atomic E-state index is 5.94. The first-order chi connectivity index (χ1) is 6.86. The van der Waals surface area contributed by atoms with Crippen LogP contribution in [-0.4, -0.2) is 35.3 Å². The van der Waals surface area contributed by atoms with Gasteiger partial charge in [-0.15, -0.1) is 0 Å². The Kier molecular flexibility index (Phi) is 2.90. The zero-order chi connectivity index (χ0) is 9.80. The molecule has 14 heavy (non-hydrogen) atoms. The summed E-state index contributed by atoms with van der Waals surface area (Å²) in [7, 11) is 0. The van der Waals surface area contributed by atoms with Crippen molar-refractivity contribution in [2.45, 2.75) is 18.5 Å². The summed E-state index contributed by atoms with van der Waals surface area (Å²) in [6, 6.07) is 2.11. The van der Waals surface area contributed by atoms with Gasteiger partial charge in [0.2, 0.25) is 0 Å². The third-order valence-corrected chi connectivity index (χ3v) is 2.32. The van der Waals surface area contributed by atoms with E-state index in [9.17, 15) is 0 Å². The van der Waals surface area contributed by atoms with Crippen LogP contribution in [0.5, 0.6) is 0 Å². The second kappa shape index (κ2) is 4.34. The molecule has 2 atom stereocenters. The van der Waals surface area contributed by atoms with Crippen LogP contribution in [0.25, 0.3) is 0 Å². The van der Waals surface area contributed by atoms with Crippen molar-refractivity contribution < 1.29 is 4.74 Å². The van der Waals surface area contributed by atoms with Crippen LogP contribution in [0.4, 0.5) is 5.82 Å². The predicted octanol–water partition coefficient (Wildman–Crippen LogP) is 0.00470. The summed E-state index contributed by atoms with van der Waals surface area (Å²) in [6.07, 6.45) is 4.10. The van der Waals surface area contributed by atoms with Gasteiger partial charge in [0.25, 0.3) is 0 Å². The first-order valence-electron chi connectivity index (χ1n) is 4.72. The van der Waals surface area contributed by atoms with Crippen molar-refractivity contribution in [2.75, 3.05) is 18.5 Å². The van der Waals surface area contributed by atoms with Crippen LogP contribution < -0.4 is 11.1 Å². The number of nitrogens with zero attached hydrogens (tertiary/aromatic N) is 2. The molecule has 0 amide bonds. The molecule has 0 aliphatic carbocycles. The third-order valence-electron chi connectivity index (χ3n) is 2.32. The van der Waals surface area contributed by atoms with E-state index in [0.29, 0.717) is 6.61 Å². The smallest absolute Gasteiger partial charge is 0.129 e. The van der Waals surface area contributed by atoms with Crippen molar-refractivity contribution >= 4 is 5.82 Å². The zero-order valence-corrected chi connectivity index (χ0v) is 7.89. The van der Waals surface area contributed by atoms with Crippen LogP contribution in [-0.2, 0) is 4.74 Å². The van der Waals surface area contributed by atoms with Gasteiger partial charge in [-0.1, -0.05) is 0 Å². The van der Waals surface area contributed by atoms with Gasteiger partial charge >= 0.3 is 0 Å². The minimum Gasteiger partial charge on any atom is -0.379 e. The molecule has 76 valence electrons. The lowest BCUT2D eigenvalue weighted by atomic mass is 10.1. The van der Waals surface area contributed by atoms with Gasteiger partial charge in [0.05, 0.1) is 12.6 Å². The lowest BCUT2D eigenvalue weighted by molar-refractivity contribution is 0.0767. The van der Waals surface area contributed by atoms with Crippen LogP contribution >= 0.6 is 0 Å². The Labute approximate surface area is 82.7 Å². The summed E-state index contributed by atoms with van der Waals surface area (Å²) in [6.45, 7) is 1.40. The number of nitrogens with two attached hydrogens (primary N) is 1. The van der Waals surface area contributed by atoms with Crippen LogP contribution in [0.2, 0.25) is 0 Å². The maximum atomic E-state index is 5.94. The lowest BCUT2D eigenvalue weighted by Crippen LogP contribution is -2.47. The molecule has 2 heterocycles. The fourth-order valence-electron chi connectivity index (χ4n) is 1.47. The molecule has 0 spiro atoms. The summed E-state index contributed by atoms with van der Waals surface area (Å²) in [5.41, 5.74) is 5.94. The van der Waals surface area contributed by atoms with E-state index in [2.05, 4.69) is 15.3 Å². The topological polar surface area (TPSA) is 73.1 Å². The molecule has 0 unspecified atom stereocenters. The molecule has 5 nitrogen and oxygen atoms in total. The van der Waals surface area contributed by atoms with E-state index in [4.69, 9.17) is 10.5 Å². The molecule has 1 aromatic heterocycles. The monoisotopic (exact) mass is 194 g/mol. The number of ether oxygens (including phenoxy) is 1. The van der Waals surface area contributed by atoms with Crippen molar-refractivity contribution in [3.63, 3.8) is 0 Å². The highest BCUT2D eigenvalue weighted by Gasteiger charge is 2.22. The molecule has 0 radical (unpaired) electrons. The largest absolute Gasteiger partial charge is 0.379 e. The van der Waals surface area contributed by atoms with E-state index >= 15 is 0 Å². The van der Waals surface area contributed by atoms with E-state index in [-0.39, 0.29) is 12.1 Å². The molecular weight excluding hydrogens is 180 g/mol. The number of rotatable bonds is 2. The van der Waals surface area contributed by atoms with Crippen molar-refractivity contribution in [3.8, 4) is 0 Å². The van der Waals surface area contributed by atoms with Crippen LogP contribution in [0, 0.1) is 0 Å². The third kappa shape index (κ3) is 2.18. The van der Waals surface area contributed by atoms with Gasteiger partial charge in [0.15, 0.2) is 0 Å². The fourth-order valence-corrected chi connectivity index (χ4v) is 1.47. The standard InChI is InChI=1S/C9H14N4O/c10-7-2-4-14-5-8(7)13-9-1-3-11-6-12-9/h1,3,6-8H,2,4-5,10H2,(H,11,12,13)/t7-,8+/m1/s1. The normalized spacial score (nSPS) is 27.2. The number of anilines is 1. The summed E-state index contributed by atoms with van der Waals surface area (Å²) >= 11 is 0. The van der Waals surface area contributed by atoms with Gasteiger partial charge < -0.3 is 15.8 Å². The van der Waals surface area contributed by atoms with Crippen molar-refractivity contribution in [2.24, 2.45) is 5.73 Å². The number of nitrogens with one attached hydrogen (secondary N) is 1. The van der Waals surface area contributed by atoms with E-state index in [1.54, 1.807) is 6.20 Å². The molecule has 3 N–H and O–H groups in total. The van der Waals surface area contributed by atoms with Crippen LogP contribution in [0.3, 0.4) is 0 Å². The second-order valence-corrected chi connectivity index (χ2v) is 3.37. The summed E-state index contributed by atoms with van der Waals surface area (Å²) in [5.74, 6) is 0.797. The summed E-state index contributed by atoms with van der Waals surface area (Å²) in [5, 5.41) is 3.23. The fraction of sp³-hybridized carbons (Fsp3) is 0.556. The minimum atomic E-state index is 0.138. The molecule has 0 bridgehead atoms. The number of hydrogen-bond acceptors (Lipinski definition) is 5. The van der Waals surface area contributed by atoms with Gasteiger partial charge in [-0.25, -0.2) is 9.97 Å². The SMILES string of the molecule is N[C@@H]1CCOC[C@@H]1Nc1ccncn1. The number of hydrogen-bond donors (Lipinski definition) is 2. The van der Waals surface area contributed by atoms with Crippen LogP contribution in [0.15, 0.2) is 18.6 Å². The lowest BCUT2D eigenvalue weighted by Gasteiger charge is -2.29. The molecule has 0 aromatic carbocycles. The van der Waals surface area contributed by atoms with E-state index in [1.807, 2.05) is 6.07 Å². The van der Waals surface area contributed by atoms with E-state index in [1.165, 1.54) is 6.33 Å². The molecule has 5 heteroatoms. The minimum absolute atomic E-state index is 0.138. The Morgan fingerprint density at radius 2 is 2.50 bits per heavy atom. The Morgan fingerprint density at radius 3 is 3.21 bits per heavy atom. The molecule has 1 saturated heterocycles. The first-order valence-corrected chi connectivity index (χ1v) is 4.72. The first kappa shape index (κ1) is 9.36. The Bertz CT molecular complexity index is 279. The maximum Gasteiger partial charge on any atom is 0.129 e. The summed E-state index contributed by atoms with van der Waals surface area (Å²) in [4.78, 5) is 7.92. The van der Waals surface area contributed by atoms with E-state index < -0.39 is 0 Å². The Morgan fingerprint density at radius 1 is 1.57 bits per heavy atom. The zero-order valence-electron chi connectivity index (χ0n) is 7.89. The molecule has 1 fully saturated rings. The number of aromatic nitrogens is 2. The summed E-state index contributed by atoms with van der Waals surface area (Å²) < 4.78 is 5.34. The average molecular weight is 194 g/mol. The predicted molar refractivity (Wildman–Crippen MR) is 52.9 cm³/mol. The molecule has 1 aromatic rings.